The van der Waals surface area contributed by atoms with E-state index < -0.39 is 22.2 Å². The topological polar surface area (TPSA) is 76.2 Å². The molecule has 0 saturated carbocycles. The summed E-state index contributed by atoms with van der Waals surface area (Å²) < 4.78 is 53.3. The molecule has 0 amide bonds. The summed E-state index contributed by atoms with van der Waals surface area (Å²) in [6.07, 6.45) is 0.401. The van der Waals surface area contributed by atoms with Gasteiger partial charge < -0.3 is 9.47 Å². The van der Waals surface area contributed by atoms with E-state index in [-0.39, 0.29) is 38.0 Å². The molecular formula is C17H23FN2O5S. The van der Waals surface area contributed by atoms with Crippen LogP contribution in [-0.4, -0.2) is 68.5 Å². The first-order valence-corrected chi connectivity index (χ1v) is 10.0. The summed E-state index contributed by atoms with van der Waals surface area (Å²) in [6, 6.07) is 5.87. The average Bonchev–Trinajstić information content (AvgIpc) is 3.06. The predicted octanol–water partition coefficient (Wildman–Crippen LogP) is 1.12. The van der Waals surface area contributed by atoms with Crippen molar-refractivity contribution >= 4 is 16.2 Å². The number of esters is 1. The molecule has 0 spiro atoms. The predicted molar refractivity (Wildman–Crippen MR) is 92.2 cm³/mol. The van der Waals surface area contributed by atoms with Gasteiger partial charge in [-0.1, -0.05) is 18.2 Å². The van der Waals surface area contributed by atoms with Crippen LogP contribution in [0.15, 0.2) is 24.3 Å². The highest BCUT2D eigenvalue weighted by molar-refractivity contribution is 7.86. The zero-order valence-electron chi connectivity index (χ0n) is 14.6. The summed E-state index contributed by atoms with van der Waals surface area (Å²) >= 11 is 0. The van der Waals surface area contributed by atoms with Crippen LogP contribution in [0.2, 0.25) is 0 Å². The maximum atomic E-state index is 14.2. The maximum Gasteiger partial charge on any atom is 0.302 e. The number of morpholine rings is 1. The highest BCUT2D eigenvalue weighted by Crippen LogP contribution is 2.35. The molecule has 144 valence electrons. The second-order valence-electron chi connectivity index (χ2n) is 6.50. The van der Waals surface area contributed by atoms with Crippen LogP contribution in [0.25, 0.3) is 0 Å². The van der Waals surface area contributed by atoms with Crippen LogP contribution in [0, 0.1) is 5.82 Å². The van der Waals surface area contributed by atoms with Gasteiger partial charge in [-0.25, -0.2) is 4.39 Å². The minimum Gasteiger partial charge on any atom is -0.464 e. The van der Waals surface area contributed by atoms with Crippen molar-refractivity contribution in [2.45, 2.75) is 25.3 Å². The molecule has 0 aromatic heterocycles. The molecule has 26 heavy (non-hydrogen) atoms. The number of benzene rings is 1. The molecule has 9 heteroatoms. The molecule has 2 aliphatic rings. The third-order valence-electron chi connectivity index (χ3n) is 4.78. The lowest BCUT2D eigenvalue weighted by atomic mass is 9.96. The van der Waals surface area contributed by atoms with E-state index in [9.17, 15) is 17.6 Å². The van der Waals surface area contributed by atoms with Crippen LogP contribution in [0.5, 0.6) is 0 Å². The van der Waals surface area contributed by atoms with Gasteiger partial charge in [-0.15, -0.1) is 0 Å². The van der Waals surface area contributed by atoms with Crippen molar-refractivity contribution in [1.82, 2.24) is 8.61 Å². The molecule has 0 radical (unpaired) electrons. The highest BCUT2D eigenvalue weighted by atomic mass is 32.2. The van der Waals surface area contributed by atoms with Gasteiger partial charge in [0.05, 0.1) is 19.3 Å². The molecule has 2 fully saturated rings. The Bertz CT molecular complexity index is 751. The molecule has 7 nitrogen and oxygen atoms in total. The van der Waals surface area contributed by atoms with Gasteiger partial charge in [-0.2, -0.15) is 17.0 Å². The third-order valence-corrected chi connectivity index (χ3v) is 6.84. The van der Waals surface area contributed by atoms with E-state index >= 15 is 0 Å². The van der Waals surface area contributed by atoms with Crippen molar-refractivity contribution in [3.63, 3.8) is 0 Å². The molecule has 2 saturated heterocycles. The summed E-state index contributed by atoms with van der Waals surface area (Å²) in [4.78, 5) is 11.2. The van der Waals surface area contributed by atoms with Crippen molar-refractivity contribution in [1.29, 1.82) is 0 Å². The molecule has 0 aliphatic carbocycles. The van der Waals surface area contributed by atoms with Gasteiger partial charge in [0.15, 0.2) is 0 Å². The van der Waals surface area contributed by atoms with Gasteiger partial charge >= 0.3 is 5.97 Å². The Kier molecular flexibility index (Phi) is 5.91. The molecule has 2 aliphatic heterocycles. The van der Waals surface area contributed by atoms with E-state index in [1.54, 1.807) is 18.2 Å². The van der Waals surface area contributed by atoms with Crippen molar-refractivity contribution in [3.8, 4) is 0 Å². The monoisotopic (exact) mass is 386 g/mol. The van der Waals surface area contributed by atoms with Crippen LogP contribution in [-0.2, 0) is 24.5 Å². The Morgan fingerprint density at radius 2 is 2.00 bits per heavy atom. The lowest BCUT2D eigenvalue weighted by Gasteiger charge is -2.32. The summed E-state index contributed by atoms with van der Waals surface area (Å²) in [5.74, 6) is -1.11. The third kappa shape index (κ3) is 4.06. The van der Waals surface area contributed by atoms with Crippen LogP contribution >= 0.6 is 0 Å². The van der Waals surface area contributed by atoms with Gasteiger partial charge in [0, 0.05) is 32.5 Å². The fraction of sp³-hybridized carbons (Fsp3) is 0.588. The van der Waals surface area contributed by atoms with Crippen molar-refractivity contribution < 1.29 is 27.1 Å². The van der Waals surface area contributed by atoms with Crippen LogP contribution in [0.1, 0.15) is 24.8 Å². The lowest BCUT2D eigenvalue weighted by Crippen LogP contribution is -2.51. The number of rotatable bonds is 5. The molecule has 3 rings (SSSR count). The van der Waals surface area contributed by atoms with E-state index in [0.29, 0.717) is 25.2 Å². The second-order valence-corrected chi connectivity index (χ2v) is 8.38. The van der Waals surface area contributed by atoms with E-state index in [1.807, 2.05) is 0 Å². The first-order chi connectivity index (χ1) is 12.4. The van der Waals surface area contributed by atoms with Gasteiger partial charge in [-0.3, -0.25) is 4.79 Å². The second kappa shape index (κ2) is 7.99. The Balaban J connectivity index is 1.84. The van der Waals surface area contributed by atoms with Gasteiger partial charge in [0.2, 0.25) is 0 Å². The Morgan fingerprint density at radius 3 is 2.65 bits per heavy atom. The number of ether oxygens (including phenoxy) is 2. The van der Waals surface area contributed by atoms with E-state index in [4.69, 9.17) is 9.47 Å². The van der Waals surface area contributed by atoms with E-state index in [0.717, 1.165) is 0 Å². The number of hydrogen-bond donors (Lipinski definition) is 0. The molecule has 1 aromatic rings. The molecule has 0 bridgehead atoms. The number of nitrogens with zero attached hydrogens (tertiary/aromatic N) is 2. The van der Waals surface area contributed by atoms with Gasteiger partial charge in [-0.05, 0) is 18.1 Å². The smallest absolute Gasteiger partial charge is 0.302 e. The number of carbonyl (C=O) groups excluding carboxylic acids is 1. The summed E-state index contributed by atoms with van der Waals surface area (Å²) in [7, 11) is -3.74. The molecular weight excluding hydrogens is 363 g/mol. The zero-order valence-corrected chi connectivity index (χ0v) is 15.5. The summed E-state index contributed by atoms with van der Waals surface area (Å²) in [5, 5.41) is 0. The molecule has 0 N–H and O–H groups in total. The Morgan fingerprint density at radius 1 is 1.31 bits per heavy atom. The van der Waals surface area contributed by atoms with Crippen LogP contribution in [0.4, 0.5) is 4.39 Å². The number of hydrogen-bond acceptors (Lipinski definition) is 5. The maximum absolute atomic E-state index is 14.2. The standard InChI is InChI=1S/C17H23FN2O5S/c1-13(21)25-12-15-10-14(16-4-2-3-5-17(16)18)11-20(15)26(22,23)19-6-8-24-9-7-19/h2-5,14-15H,6-12H2,1H3. The van der Waals surface area contributed by atoms with Crippen LogP contribution in [0.3, 0.4) is 0 Å². The first-order valence-electron chi connectivity index (χ1n) is 8.62. The molecule has 2 heterocycles. The molecule has 1 aromatic carbocycles. The normalized spacial score (nSPS) is 25.3. The van der Waals surface area contributed by atoms with Gasteiger partial charge in [0.1, 0.15) is 12.4 Å². The van der Waals surface area contributed by atoms with E-state index in [1.165, 1.54) is 21.6 Å². The lowest BCUT2D eigenvalue weighted by molar-refractivity contribution is -0.142. The van der Waals surface area contributed by atoms with Crippen molar-refractivity contribution in [3.05, 3.63) is 35.6 Å². The van der Waals surface area contributed by atoms with Crippen molar-refractivity contribution in [2.75, 3.05) is 39.5 Å². The Labute approximate surface area is 152 Å². The van der Waals surface area contributed by atoms with Gasteiger partial charge in [0.25, 0.3) is 10.2 Å². The van der Waals surface area contributed by atoms with E-state index in [2.05, 4.69) is 0 Å². The molecule has 2 atom stereocenters. The SMILES string of the molecule is CC(=O)OCC1CC(c2ccccc2F)CN1S(=O)(=O)N1CCOCC1. The average molecular weight is 386 g/mol. The fourth-order valence-electron chi connectivity index (χ4n) is 3.49. The molecule has 2 unspecified atom stereocenters. The largest absolute Gasteiger partial charge is 0.464 e. The first kappa shape index (κ1) is 19.2. The fourth-order valence-corrected chi connectivity index (χ4v) is 5.29. The number of carbonyl (C=O) groups is 1. The number of halogens is 1. The highest BCUT2D eigenvalue weighted by Gasteiger charge is 2.44. The van der Waals surface area contributed by atoms with Crippen LogP contribution < -0.4 is 0 Å². The quantitative estimate of drug-likeness (QED) is 0.709. The summed E-state index contributed by atoms with van der Waals surface area (Å²) in [5.41, 5.74) is 0.486. The Hall–Kier alpha value is -1.55. The van der Waals surface area contributed by atoms with Crippen molar-refractivity contribution in [2.24, 2.45) is 0 Å². The minimum atomic E-state index is -3.74. The summed E-state index contributed by atoms with van der Waals surface area (Å²) in [6.45, 7) is 2.66. The minimum absolute atomic E-state index is 0.0378. The zero-order chi connectivity index (χ0) is 18.7.